The van der Waals surface area contributed by atoms with Crippen LogP contribution < -0.4 is 10.2 Å². The maximum atomic E-state index is 12.4. The first-order valence-corrected chi connectivity index (χ1v) is 10.7. The Bertz CT molecular complexity index is 663. The quantitative estimate of drug-likeness (QED) is 0.785. The molecule has 1 amide bonds. The van der Waals surface area contributed by atoms with Gasteiger partial charge in [-0.25, -0.2) is 8.42 Å². The standard InChI is InChI=1S/C18H29N3O3S/c1-20(2)16-12-10-15(11-13-16)19-18(22)14-21(25(3,23)24)17-8-6-4-5-7-9-17/h10-13,17H,4-9,14H2,1-3H3,(H,19,22). The Morgan fingerprint density at radius 2 is 1.64 bits per heavy atom. The van der Waals surface area contributed by atoms with Gasteiger partial charge in [-0.05, 0) is 37.1 Å². The Morgan fingerprint density at radius 1 is 1.08 bits per heavy atom. The summed E-state index contributed by atoms with van der Waals surface area (Å²) in [7, 11) is 0.477. The second kappa shape index (κ2) is 8.67. The molecule has 0 unspecified atom stereocenters. The summed E-state index contributed by atoms with van der Waals surface area (Å²) in [5.74, 6) is -0.299. The third kappa shape index (κ3) is 6.01. The average Bonchev–Trinajstić information content (AvgIpc) is 2.81. The minimum absolute atomic E-state index is 0.0700. The Kier molecular flexibility index (Phi) is 6.84. The molecule has 6 nitrogen and oxygen atoms in total. The largest absolute Gasteiger partial charge is 0.378 e. The van der Waals surface area contributed by atoms with Gasteiger partial charge in [0.1, 0.15) is 0 Å². The molecule has 7 heteroatoms. The zero-order chi connectivity index (χ0) is 18.4. The molecule has 0 heterocycles. The Hall–Kier alpha value is -1.60. The molecule has 25 heavy (non-hydrogen) atoms. The molecule has 1 aliphatic carbocycles. The minimum Gasteiger partial charge on any atom is -0.378 e. The summed E-state index contributed by atoms with van der Waals surface area (Å²) in [5, 5.41) is 2.80. The van der Waals surface area contributed by atoms with Crippen molar-refractivity contribution in [1.82, 2.24) is 4.31 Å². The van der Waals surface area contributed by atoms with Crippen molar-refractivity contribution in [1.29, 1.82) is 0 Å². The number of anilines is 2. The summed E-state index contributed by atoms with van der Waals surface area (Å²) in [4.78, 5) is 14.4. The lowest BCUT2D eigenvalue weighted by Gasteiger charge is -2.28. The van der Waals surface area contributed by atoms with Gasteiger partial charge in [0, 0.05) is 31.5 Å². The van der Waals surface area contributed by atoms with Crippen LogP contribution in [0.5, 0.6) is 0 Å². The van der Waals surface area contributed by atoms with Crippen LogP contribution in [0.15, 0.2) is 24.3 Å². The van der Waals surface area contributed by atoms with E-state index in [0.29, 0.717) is 5.69 Å². The number of benzene rings is 1. The van der Waals surface area contributed by atoms with Crippen LogP contribution in [0, 0.1) is 0 Å². The fourth-order valence-electron chi connectivity index (χ4n) is 3.25. The summed E-state index contributed by atoms with van der Waals surface area (Å²) in [6.45, 7) is -0.126. The molecule has 0 radical (unpaired) electrons. The number of carbonyl (C=O) groups is 1. The third-order valence-corrected chi connectivity index (χ3v) is 5.90. The van der Waals surface area contributed by atoms with E-state index in [1.165, 1.54) is 10.6 Å². The molecule has 0 aromatic heterocycles. The SMILES string of the molecule is CN(C)c1ccc(NC(=O)CN(C2CCCCCC2)S(C)(=O)=O)cc1. The molecule has 1 fully saturated rings. The van der Waals surface area contributed by atoms with Crippen molar-refractivity contribution in [2.75, 3.05) is 37.1 Å². The first kappa shape index (κ1) is 19.7. The Morgan fingerprint density at radius 3 is 2.12 bits per heavy atom. The van der Waals surface area contributed by atoms with Gasteiger partial charge in [-0.3, -0.25) is 4.79 Å². The molecule has 0 atom stereocenters. The fourth-order valence-corrected chi connectivity index (χ4v) is 4.35. The molecule has 2 rings (SSSR count). The number of sulfonamides is 1. The molecule has 1 aromatic carbocycles. The number of hydrogen-bond acceptors (Lipinski definition) is 4. The van der Waals surface area contributed by atoms with E-state index >= 15 is 0 Å². The zero-order valence-corrected chi connectivity index (χ0v) is 16.2. The van der Waals surface area contributed by atoms with E-state index in [2.05, 4.69) is 5.32 Å². The van der Waals surface area contributed by atoms with Crippen molar-refractivity contribution in [2.24, 2.45) is 0 Å². The molecule has 1 aliphatic rings. The molecule has 1 aromatic rings. The predicted molar refractivity (Wildman–Crippen MR) is 102 cm³/mol. The van der Waals surface area contributed by atoms with Gasteiger partial charge in [0.15, 0.2) is 0 Å². The summed E-state index contributed by atoms with van der Waals surface area (Å²) in [6.07, 6.45) is 7.17. The number of amides is 1. The molecule has 0 aliphatic heterocycles. The van der Waals surface area contributed by atoms with Crippen molar-refractivity contribution < 1.29 is 13.2 Å². The lowest BCUT2D eigenvalue weighted by molar-refractivity contribution is -0.116. The topological polar surface area (TPSA) is 69.7 Å². The molecule has 1 N–H and O–H groups in total. The summed E-state index contributed by atoms with van der Waals surface area (Å²) in [6, 6.07) is 7.40. The van der Waals surface area contributed by atoms with Crippen LogP contribution in [-0.2, 0) is 14.8 Å². The predicted octanol–water partition coefficient (Wildman–Crippen LogP) is 2.68. The number of nitrogens with zero attached hydrogens (tertiary/aromatic N) is 2. The maximum absolute atomic E-state index is 12.4. The van der Waals surface area contributed by atoms with Gasteiger partial charge in [-0.2, -0.15) is 4.31 Å². The Labute approximate surface area is 151 Å². The molecule has 1 saturated carbocycles. The van der Waals surface area contributed by atoms with Gasteiger partial charge in [-0.1, -0.05) is 25.7 Å². The lowest BCUT2D eigenvalue weighted by Crippen LogP contribution is -2.44. The van der Waals surface area contributed by atoms with Crippen LogP contribution in [-0.4, -0.2) is 51.6 Å². The van der Waals surface area contributed by atoms with Crippen molar-refractivity contribution in [3.63, 3.8) is 0 Å². The number of hydrogen-bond donors (Lipinski definition) is 1. The molecule has 0 spiro atoms. The molecule has 0 saturated heterocycles. The van der Waals surface area contributed by atoms with Crippen LogP contribution in [0.2, 0.25) is 0 Å². The second-order valence-corrected chi connectivity index (χ2v) is 8.88. The fraction of sp³-hybridized carbons (Fsp3) is 0.611. The van der Waals surface area contributed by atoms with Gasteiger partial charge in [0.2, 0.25) is 15.9 Å². The highest BCUT2D eigenvalue weighted by molar-refractivity contribution is 7.88. The third-order valence-electron chi connectivity index (χ3n) is 4.62. The van der Waals surface area contributed by atoms with Crippen LogP contribution >= 0.6 is 0 Å². The minimum atomic E-state index is -3.42. The smallest absolute Gasteiger partial charge is 0.239 e. The highest BCUT2D eigenvalue weighted by Crippen LogP contribution is 2.24. The van der Waals surface area contributed by atoms with Crippen LogP contribution in [0.4, 0.5) is 11.4 Å². The number of nitrogens with one attached hydrogen (secondary N) is 1. The van der Waals surface area contributed by atoms with E-state index in [-0.39, 0.29) is 18.5 Å². The molecular formula is C18H29N3O3S. The van der Waals surface area contributed by atoms with Crippen molar-refractivity contribution in [3.8, 4) is 0 Å². The molecular weight excluding hydrogens is 338 g/mol. The van der Waals surface area contributed by atoms with Crippen LogP contribution in [0.3, 0.4) is 0 Å². The van der Waals surface area contributed by atoms with E-state index in [9.17, 15) is 13.2 Å². The monoisotopic (exact) mass is 367 g/mol. The van der Waals surface area contributed by atoms with Gasteiger partial charge in [-0.15, -0.1) is 0 Å². The number of carbonyl (C=O) groups excluding carboxylic acids is 1. The van der Waals surface area contributed by atoms with E-state index in [1.807, 2.05) is 43.3 Å². The average molecular weight is 368 g/mol. The summed E-state index contributed by atoms with van der Waals surface area (Å²) >= 11 is 0. The zero-order valence-electron chi connectivity index (χ0n) is 15.4. The summed E-state index contributed by atoms with van der Waals surface area (Å²) < 4.78 is 25.8. The highest BCUT2D eigenvalue weighted by Gasteiger charge is 2.29. The van der Waals surface area contributed by atoms with Crippen LogP contribution in [0.25, 0.3) is 0 Å². The Balaban J connectivity index is 2.03. The maximum Gasteiger partial charge on any atom is 0.239 e. The van der Waals surface area contributed by atoms with Crippen molar-refractivity contribution in [3.05, 3.63) is 24.3 Å². The number of rotatable bonds is 6. The first-order chi connectivity index (χ1) is 11.8. The van der Waals surface area contributed by atoms with Gasteiger partial charge in [0.05, 0.1) is 12.8 Å². The van der Waals surface area contributed by atoms with Crippen molar-refractivity contribution >= 4 is 27.3 Å². The van der Waals surface area contributed by atoms with E-state index in [4.69, 9.17) is 0 Å². The van der Waals surface area contributed by atoms with Crippen LogP contribution in [0.1, 0.15) is 38.5 Å². The highest BCUT2D eigenvalue weighted by atomic mass is 32.2. The normalized spacial score (nSPS) is 16.5. The van der Waals surface area contributed by atoms with Crippen molar-refractivity contribution in [2.45, 2.75) is 44.6 Å². The second-order valence-electron chi connectivity index (χ2n) is 6.94. The van der Waals surface area contributed by atoms with Gasteiger partial charge in [0.25, 0.3) is 0 Å². The molecule has 140 valence electrons. The summed E-state index contributed by atoms with van der Waals surface area (Å²) in [5.41, 5.74) is 1.71. The van der Waals surface area contributed by atoms with E-state index < -0.39 is 10.0 Å². The molecule has 0 bridgehead atoms. The van der Waals surface area contributed by atoms with E-state index in [1.54, 1.807) is 0 Å². The van der Waals surface area contributed by atoms with E-state index in [0.717, 1.165) is 44.2 Å². The van der Waals surface area contributed by atoms with Gasteiger partial charge < -0.3 is 10.2 Å². The first-order valence-electron chi connectivity index (χ1n) is 8.81. The van der Waals surface area contributed by atoms with Gasteiger partial charge >= 0.3 is 0 Å². The lowest BCUT2D eigenvalue weighted by atomic mass is 10.1.